The number of aliphatic imine (C=N–C) groups is 2. The molecular formula is C32H33N5O2. The maximum atomic E-state index is 9.53. The van der Waals surface area contributed by atoms with Gasteiger partial charge in [0.2, 0.25) is 6.23 Å². The second-order valence-electron chi connectivity index (χ2n) is 10.1. The third-order valence-electron chi connectivity index (χ3n) is 7.85. The fourth-order valence-corrected chi connectivity index (χ4v) is 6.00. The van der Waals surface area contributed by atoms with Crippen LogP contribution in [0.2, 0.25) is 0 Å². The summed E-state index contributed by atoms with van der Waals surface area (Å²) in [5, 5.41) is 16.1. The van der Waals surface area contributed by atoms with E-state index in [1.165, 1.54) is 39.6 Å². The molecule has 4 atom stereocenters. The van der Waals surface area contributed by atoms with E-state index in [9.17, 15) is 5.11 Å². The molecule has 4 unspecified atom stereocenters. The van der Waals surface area contributed by atoms with Gasteiger partial charge >= 0.3 is 0 Å². The van der Waals surface area contributed by atoms with Crippen molar-refractivity contribution >= 4 is 18.0 Å². The van der Waals surface area contributed by atoms with Gasteiger partial charge in [0.1, 0.15) is 12.0 Å². The normalized spacial score (nSPS) is 25.6. The number of allylic oxidation sites excluding steroid dienone is 3. The zero-order valence-electron chi connectivity index (χ0n) is 21.7. The number of nitrogens with zero attached hydrogens (tertiary/aromatic N) is 2. The molecule has 7 heteroatoms. The van der Waals surface area contributed by atoms with Crippen LogP contribution in [0, 0.1) is 5.92 Å². The fraction of sp³-hybridized carbons (Fsp3) is 0.250. The van der Waals surface area contributed by atoms with Crippen LogP contribution in [0.25, 0.3) is 16.7 Å². The minimum Gasteiger partial charge on any atom is -0.471 e. The van der Waals surface area contributed by atoms with E-state index in [0.29, 0.717) is 17.3 Å². The summed E-state index contributed by atoms with van der Waals surface area (Å²) in [5.74, 6) is 0.607. The van der Waals surface area contributed by atoms with Gasteiger partial charge in [-0.2, -0.15) is 0 Å². The van der Waals surface area contributed by atoms with Crippen LogP contribution in [0.4, 0.5) is 0 Å². The van der Waals surface area contributed by atoms with Gasteiger partial charge in [0, 0.05) is 31.0 Å². The van der Waals surface area contributed by atoms with Crippen molar-refractivity contribution < 1.29 is 9.84 Å². The highest BCUT2D eigenvalue weighted by Crippen LogP contribution is 2.50. The Bertz CT molecular complexity index is 1430. The number of aliphatic hydroxyl groups is 1. The Labute approximate surface area is 228 Å². The number of aliphatic hydroxyl groups excluding tert-OH is 1. The first-order chi connectivity index (χ1) is 19.3. The molecule has 0 radical (unpaired) electrons. The number of hydrogen-bond donors (Lipinski definition) is 4. The summed E-state index contributed by atoms with van der Waals surface area (Å²) in [7, 11) is 0. The van der Waals surface area contributed by atoms with E-state index >= 15 is 0 Å². The molecule has 5 N–H and O–H groups in total. The number of nitrogens with one attached hydrogen (secondary N) is 2. The maximum absolute atomic E-state index is 9.53. The van der Waals surface area contributed by atoms with E-state index in [4.69, 9.17) is 15.5 Å². The van der Waals surface area contributed by atoms with E-state index in [-0.39, 0.29) is 24.8 Å². The number of hydrogen-bond acceptors (Lipinski definition) is 7. The Kier molecular flexibility index (Phi) is 7.15. The standard InChI is InChI=1S/C32H33N5O2/c33-17-29(32-35-14-15-39-32)34-13-12-25-24-8-4-5-9-26(24)31(30-19-36-23(20-38)18-37-30)27-11-10-22(16-28(25)27)21-6-2-1-3-7-21/h1-3,5-7,9-11,13-19,24-25,30,32,35,37-38H,4,8,12,20,33H2/b29-17-,34-13?. The van der Waals surface area contributed by atoms with Gasteiger partial charge in [-0.3, -0.25) is 9.98 Å². The number of nitrogens with two attached hydrogens (primary N) is 1. The zero-order valence-corrected chi connectivity index (χ0v) is 21.7. The van der Waals surface area contributed by atoms with Crippen LogP contribution in [-0.4, -0.2) is 36.4 Å². The van der Waals surface area contributed by atoms with Crippen LogP contribution in [0.3, 0.4) is 0 Å². The Morgan fingerprint density at radius 3 is 2.79 bits per heavy atom. The highest BCUT2D eigenvalue weighted by atomic mass is 16.5. The average molecular weight is 520 g/mol. The molecule has 6 rings (SSSR count). The summed E-state index contributed by atoms with van der Waals surface area (Å²) in [6.45, 7) is -0.0835. The Morgan fingerprint density at radius 1 is 1.15 bits per heavy atom. The number of rotatable bonds is 7. The molecule has 7 nitrogen and oxygen atoms in total. The van der Waals surface area contributed by atoms with Gasteiger partial charge in [-0.25, -0.2) is 0 Å². The van der Waals surface area contributed by atoms with Crippen LogP contribution in [0.5, 0.6) is 0 Å². The lowest BCUT2D eigenvalue weighted by atomic mass is 9.65. The molecule has 198 valence electrons. The second-order valence-corrected chi connectivity index (χ2v) is 10.1. The molecule has 2 aromatic rings. The van der Waals surface area contributed by atoms with Gasteiger partial charge in [-0.05, 0) is 64.5 Å². The van der Waals surface area contributed by atoms with Crippen molar-refractivity contribution in [2.75, 3.05) is 6.61 Å². The van der Waals surface area contributed by atoms with Gasteiger partial charge in [0.05, 0.1) is 18.3 Å². The van der Waals surface area contributed by atoms with E-state index in [1.807, 2.05) is 24.7 Å². The quantitative estimate of drug-likeness (QED) is 0.396. The van der Waals surface area contributed by atoms with Gasteiger partial charge < -0.3 is 26.2 Å². The maximum Gasteiger partial charge on any atom is 0.213 e. The molecule has 0 saturated carbocycles. The van der Waals surface area contributed by atoms with Crippen molar-refractivity contribution in [3.63, 3.8) is 0 Å². The predicted molar refractivity (Wildman–Crippen MR) is 157 cm³/mol. The predicted octanol–water partition coefficient (Wildman–Crippen LogP) is 4.73. The third-order valence-corrected chi connectivity index (χ3v) is 7.85. The molecule has 0 aromatic heterocycles. The van der Waals surface area contributed by atoms with Gasteiger partial charge in [-0.1, -0.05) is 60.7 Å². The van der Waals surface area contributed by atoms with Gasteiger partial charge in [0.15, 0.2) is 0 Å². The molecule has 0 bridgehead atoms. The largest absolute Gasteiger partial charge is 0.471 e. The van der Waals surface area contributed by atoms with Crippen molar-refractivity contribution in [3.8, 4) is 11.1 Å². The lowest BCUT2D eigenvalue weighted by Crippen LogP contribution is -2.35. The molecule has 0 spiro atoms. The van der Waals surface area contributed by atoms with Crippen LogP contribution < -0.4 is 16.4 Å². The first-order valence-corrected chi connectivity index (χ1v) is 13.5. The molecule has 0 amide bonds. The topological polar surface area (TPSA) is 104 Å². The van der Waals surface area contributed by atoms with Crippen LogP contribution in [-0.2, 0) is 4.74 Å². The summed E-state index contributed by atoms with van der Waals surface area (Å²) in [4.78, 5) is 9.24. The highest BCUT2D eigenvalue weighted by molar-refractivity contribution is 5.93. The van der Waals surface area contributed by atoms with Crippen LogP contribution in [0.1, 0.15) is 36.3 Å². The van der Waals surface area contributed by atoms with E-state index in [1.54, 1.807) is 12.5 Å². The van der Waals surface area contributed by atoms with Crippen LogP contribution >= 0.6 is 0 Å². The summed E-state index contributed by atoms with van der Waals surface area (Å²) in [5.41, 5.74) is 14.7. The van der Waals surface area contributed by atoms with Crippen molar-refractivity contribution in [3.05, 3.63) is 114 Å². The third kappa shape index (κ3) is 4.93. The Morgan fingerprint density at radius 2 is 2.05 bits per heavy atom. The van der Waals surface area contributed by atoms with E-state index < -0.39 is 0 Å². The van der Waals surface area contributed by atoms with Gasteiger partial charge in [0.25, 0.3) is 0 Å². The minimum atomic E-state index is -0.359. The number of fused-ring (bicyclic) bond motifs is 2. The fourth-order valence-electron chi connectivity index (χ4n) is 6.00. The minimum absolute atomic E-state index is 0.0682. The smallest absolute Gasteiger partial charge is 0.213 e. The van der Waals surface area contributed by atoms with Crippen molar-refractivity contribution in [2.24, 2.45) is 21.6 Å². The lowest BCUT2D eigenvalue weighted by Gasteiger charge is -2.40. The summed E-state index contributed by atoms with van der Waals surface area (Å²) in [6.07, 6.45) is 17.7. The van der Waals surface area contributed by atoms with Crippen LogP contribution in [0.15, 0.2) is 112 Å². The molecule has 4 aliphatic rings. The van der Waals surface area contributed by atoms with Crippen molar-refractivity contribution in [1.29, 1.82) is 0 Å². The first kappa shape index (κ1) is 24.9. The average Bonchev–Trinajstić information content (AvgIpc) is 3.54. The molecule has 2 aliphatic carbocycles. The molecule has 2 heterocycles. The molecule has 2 aromatic carbocycles. The number of ether oxygens (including phenoxy) is 1. The van der Waals surface area contributed by atoms with Gasteiger partial charge in [-0.15, -0.1) is 0 Å². The molecule has 0 fully saturated rings. The molecule has 0 saturated heterocycles. The molecule has 2 aliphatic heterocycles. The Balaban J connectivity index is 1.41. The lowest BCUT2D eigenvalue weighted by molar-refractivity contribution is 0.184. The molecule has 39 heavy (non-hydrogen) atoms. The monoisotopic (exact) mass is 519 g/mol. The zero-order chi connectivity index (χ0) is 26.6. The van der Waals surface area contributed by atoms with E-state index in [0.717, 1.165) is 19.3 Å². The Hall–Kier alpha value is -4.36. The highest BCUT2D eigenvalue weighted by Gasteiger charge is 2.37. The number of benzene rings is 2. The van der Waals surface area contributed by atoms with E-state index in [2.05, 4.69) is 70.2 Å². The molecular weight excluding hydrogens is 486 g/mol. The summed E-state index contributed by atoms with van der Waals surface area (Å²) < 4.78 is 5.54. The van der Waals surface area contributed by atoms with Crippen molar-refractivity contribution in [1.82, 2.24) is 10.6 Å². The SMILES string of the molecule is N/C=C(\N=CCC1c2cc(-c3ccccc3)ccc2C(C2C=NC(CO)=CN2)=C2C=CCCC21)C1NC=CO1. The summed E-state index contributed by atoms with van der Waals surface area (Å²) in [6, 6.07) is 17.3. The van der Waals surface area contributed by atoms with Crippen molar-refractivity contribution in [2.45, 2.75) is 37.5 Å². The second kappa shape index (κ2) is 11.2. The summed E-state index contributed by atoms with van der Waals surface area (Å²) >= 11 is 0. The first-order valence-electron chi connectivity index (χ1n) is 13.5.